The van der Waals surface area contributed by atoms with Gasteiger partial charge in [0.15, 0.2) is 0 Å². The molecule has 2 heterocycles. The summed E-state index contributed by atoms with van der Waals surface area (Å²) in [5.41, 5.74) is 5.13. The molecule has 2 aromatic rings. The van der Waals surface area contributed by atoms with Crippen LogP contribution in [-0.2, 0) is 0 Å². The normalized spacial score (nSPS) is 13.8. The van der Waals surface area contributed by atoms with Crippen LogP contribution in [0.15, 0.2) is 42.1 Å². The Kier molecular flexibility index (Phi) is 4.43. The smallest absolute Gasteiger partial charge is 0.0669 e. The Morgan fingerprint density at radius 2 is 1.86 bits per heavy atom. The van der Waals surface area contributed by atoms with Crippen molar-refractivity contribution in [2.75, 3.05) is 5.32 Å². The van der Waals surface area contributed by atoms with Crippen molar-refractivity contribution < 1.29 is 0 Å². The van der Waals surface area contributed by atoms with Crippen LogP contribution in [0.2, 0.25) is 0 Å². The minimum absolute atomic E-state index is 0.824. The van der Waals surface area contributed by atoms with Gasteiger partial charge in [0, 0.05) is 16.6 Å². The molecule has 0 saturated carbocycles. The molecule has 3 rings (SSSR count). The van der Waals surface area contributed by atoms with E-state index in [1.807, 2.05) is 39.0 Å². The third kappa shape index (κ3) is 2.97. The number of hydrogen-bond acceptors (Lipinski definition) is 2. The molecule has 0 bridgehead atoms. The van der Waals surface area contributed by atoms with Crippen molar-refractivity contribution in [2.45, 2.75) is 20.8 Å². The maximum Gasteiger partial charge on any atom is 0.0669 e. The molecular formula is C18H21N3. The number of H-pyrrole nitrogens is 1. The summed E-state index contributed by atoms with van der Waals surface area (Å²) in [4.78, 5) is 0. The molecule has 0 amide bonds. The van der Waals surface area contributed by atoms with Gasteiger partial charge in [0.2, 0.25) is 0 Å². The summed E-state index contributed by atoms with van der Waals surface area (Å²) >= 11 is 0. The van der Waals surface area contributed by atoms with Crippen LogP contribution in [0.1, 0.15) is 25.1 Å². The van der Waals surface area contributed by atoms with Gasteiger partial charge in [0.1, 0.15) is 0 Å². The lowest BCUT2D eigenvalue weighted by Gasteiger charge is -2.18. The highest BCUT2D eigenvalue weighted by atomic mass is 15.1. The van der Waals surface area contributed by atoms with Gasteiger partial charge in [-0.15, -0.1) is 0 Å². The summed E-state index contributed by atoms with van der Waals surface area (Å²) in [6.45, 7) is 14.0. The monoisotopic (exact) mass is 279 g/mol. The molecule has 0 saturated heterocycles. The number of benzene rings is 1. The van der Waals surface area contributed by atoms with E-state index in [0.29, 0.717) is 0 Å². The molecule has 0 fully saturated rings. The molecule has 0 radical (unpaired) electrons. The number of para-hydroxylation sites is 1. The van der Waals surface area contributed by atoms with Crippen molar-refractivity contribution in [1.29, 1.82) is 0 Å². The van der Waals surface area contributed by atoms with Crippen LogP contribution in [0.25, 0.3) is 18.7 Å². The Labute approximate surface area is 125 Å². The second-order valence-electron chi connectivity index (χ2n) is 4.64. The van der Waals surface area contributed by atoms with Gasteiger partial charge in [0.25, 0.3) is 0 Å². The summed E-state index contributed by atoms with van der Waals surface area (Å²) in [6, 6.07) is 8.16. The third-order valence-corrected chi connectivity index (χ3v) is 3.28. The molecule has 0 aliphatic carbocycles. The van der Waals surface area contributed by atoms with Crippen molar-refractivity contribution in [3.63, 3.8) is 0 Å². The zero-order valence-corrected chi connectivity index (χ0v) is 12.8. The third-order valence-electron chi connectivity index (χ3n) is 3.28. The van der Waals surface area contributed by atoms with Crippen molar-refractivity contribution >= 4 is 24.4 Å². The van der Waals surface area contributed by atoms with Gasteiger partial charge in [-0.3, -0.25) is 5.10 Å². The van der Waals surface area contributed by atoms with E-state index in [1.54, 1.807) is 0 Å². The average Bonchev–Trinajstić information content (AvgIpc) is 2.82. The molecular weight excluding hydrogens is 258 g/mol. The SMILES string of the molecule is C=C1Nc2ccccc2C=C1/C=c1\c(C)n[nH]c1=C.CC. The van der Waals surface area contributed by atoms with Crippen molar-refractivity contribution in [3.05, 3.63) is 63.9 Å². The quantitative estimate of drug-likeness (QED) is 0.842. The molecule has 0 atom stereocenters. The number of fused-ring (bicyclic) bond motifs is 1. The molecule has 3 heteroatoms. The summed E-state index contributed by atoms with van der Waals surface area (Å²) < 4.78 is 0. The number of aryl methyl sites for hydroxylation is 1. The van der Waals surface area contributed by atoms with Gasteiger partial charge in [-0.05, 0) is 36.3 Å². The molecule has 1 aliphatic rings. The largest absolute Gasteiger partial charge is 0.355 e. The molecule has 2 N–H and O–H groups in total. The Bertz CT molecular complexity index is 794. The first kappa shape index (κ1) is 14.9. The number of aromatic amines is 1. The van der Waals surface area contributed by atoms with Crippen molar-refractivity contribution in [3.8, 4) is 0 Å². The molecule has 1 aromatic carbocycles. The first-order chi connectivity index (χ1) is 10.1. The van der Waals surface area contributed by atoms with E-state index < -0.39 is 0 Å². The van der Waals surface area contributed by atoms with E-state index in [1.165, 1.54) is 0 Å². The molecule has 0 spiro atoms. The molecule has 21 heavy (non-hydrogen) atoms. The number of anilines is 1. The van der Waals surface area contributed by atoms with Crippen LogP contribution < -0.4 is 15.9 Å². The van der Waals surface area contributed by atoms with Gasteiger partial charge < -0.3 is 5.32 Å². The fraction of sp³-hybridized carbons (Fsp3) is 0.167. The van der Waals surface area contributed by atoms with Crippen LogP contribution in [0.3, 0.4) is 0 Å². The minimum Gasteiger partial charge on any atom is -0.355 e. The van der Waals surface area contributed by atoms with E-state index in [2.05, 4.69) is 46.9 Å². The molecule has 1 aromatic heterocycles. The Balaban J connectivity index is 0.000000774. The lowest BCUT2D eigenvalue weighted by Crippen LogP contribution is -2.23. The lowest BCUT2D eigenvalue weighted by molar-refractivity contribution is 1.03. The van der Waals surface area contributed by atoms with E-state index in [4.69, 9.17) is 0 Å². The number of aromatic nitrogens is 2. The second-order valence-corrected chi connectivity index (χ2v) is 4.64. The number of hydrogen-bond donors (Lipinski definition) is 2. The molecule has 0 unspecified atom stereocenters. The van der Waals surface area contributed by atoms with Gasteiger partial charge in [-0.25, -0.2) is 0 Å². The van der Waals surface area contributed by atoms with Crippen molar-refractivity contribution in [1.82, 2.24) is 10.2 Å². The first-order valence-corrected chi connectivity index (χ1v) is 7.14. The summed E-state index contributed by atoms with van der Waals surface area (Å²) in [6.07, 6.45) is 4.19. The van der Waals surface area contributed by atoms with E-state index >= 15 is 0 Å². The predicted octanol–water partition coefficient (Wildman–Crippen LogP) is 2.96. The maximum atomic E-state index is 4.15. The van der Waals surface area contributed by atoms with Crippen LogP contribution in [0.4, 0.5) is 5.69 Å². The van der Waals surface area contributed by atoms with Gasteiger partial charge in [0.05, 0.1) is 11.0 Å². The highest BCUT2D eigenvalue weighted by Gasteiger charge is 2.11. The standard InChI is InChI=1S/C16H15N3.C2H6/c1-10-14(9-15-11(2)18-19-12(15)3)8-13-6-4-5-7-16(13)17-10;1-2/h4-9,17-18H,1-2H2,3H3;1-2H3/b15-9-;. The number of nitrogens with one attached hydrogen (secondary N) is 2. The van der Waals surface area contributed by atoms with E-state index in [0.717, 1.165) is 38.8 Å². The fourth-order valence-corrected chi connectivity index (χ4v) is 2.19. The fourth-order valence-electron chi connectivity index (χ4n) is 2.19. The van der Waals surface area contributed by atoms with Crippen molar-refractivity contribution in [2.24, 2.45) is 0 Å². The molecule has 108 valence electrons. The predicted molar refractivity (Wildman–Crippen MR) is 91.1 cm³/mol. The van der Waals surface area contributed by atoms with Crippen LogP contribution >= 0.6 is 0 Å². The van der Waals surface area contributed by atoms with Crippen LogP contribution in [0, 0.1) is 6.92 Å². The Morgan fingerprint density at radius 1 is 1.14 bits per heavy atom. The first-order valence-electron chi connectivity index (χ1n) is 7.14. The highest BCUT2D eigenvalue weighted by molar-refractivity contribution is 5.83. The zero-order chi connectivity index (χ0) is 15.4. The number of nitrogens with zero attached hydrogens (tertiary/aromatic N) is 1. The van der Waals surface area contributed by atoms with Gasteiger partial charge in [-0.2, -0.15) is 5.10 Å². The van der Waals surface area contributed by atoms with Crippen LogP contribution in [0.5, 0.6) is 0 Å². The minimum atomic E-state index is 0.824. The lowest BCUT2D eigenvalue weighted by atomic mass is 10.0. The van der Waals surface area contributed by atoms with Crippen LogP contribution in [-0.4, -0.2) is 10.2 Å². The number of allylic oxidation sites excluding steroid dienone is 1. The van der Waals surface area contributed by atoms with Gasteiger partial charge in [-0.1, -0.05) is 45.2 Å². The maximum absolute atomic E-state index is 4.15. The summed E-state index contributed by atoms with van der Waals surface area (Å²) in [5.74, 6) is 0. The topological polar surface area (TPSA) is 40.7 Å². The van der Waals surface area contributed by atoms with E-state index in [9.17, 15) is 0 Å². The zero-order valence-electron chi connectivity index (χ0n) is 12.8. The summed E-state index contributed by atoms with van der Waals surface area (Å²) in [5, 5.41) is 12.2. The number of rotatable bonds is 1. The van der Waals surface area contributed by atoms with E-state index in [-0.39, 0.29) is 0 Å². The molecule has 1 aliphatic heterocycles. The second kappa shape index (κ2) is 6.27. The highest BCUT2D eigenvalue weighted by Crippen LogP contribution is 2.28. The van der Waals surface area contributed by atoms with Gasteiger partial charge >= 0.3 is 0 Å². The summed E-state index contributed by atoms with van der Waals surface area (Å²) in [7, 11) is 0. The Morgan fingerprint density at radius 3 is 2.52 bits per heavy atom. The molecule has 3 nitrogen and oxygen atoms in total. The Hall–Kier alpha value is -2.55. The average molecular weight is 279 g/mol.